The molecule has 2 heterocycles. The van der Waals surface area contributed by atoms with E-state index in [1.807, 2.05) is 24.0 Å². The molecule has 2 aromatic rings. The van der Waals surface area contributed by atoms with Crippen molar-refractivity contribution in [3.05, 3.63) is 58.0 Å². The summed E-state index contributed by atoms with van der Waals surface area (Å²) in [4.78, 5) is 24.8. The molecule has 0 N–H and O–H groups in total. The van der Waals surface area contributed by atoms with Crippen LogP contribution < -0.4 is 4.90 Å². The highest BCUT2D eigenvalue weighted by atomic mass is 35.5. The number of aromatic nitrogens is 2. The second-order valence-electron chi connectivity index (χ2n) is 5.84. The molecular formula is C18H18Cl2N4O. The molecule has 0 bridgehead atoms. The molecule has 3 rings (SSSR count). The minimum Gasteiger partial charge on any atom is -0.353 e. The van der Waals surface area contributed by atoms with E-state index in [2.05, 4.69) is 14.9 Å². The Bertz CT molecular complexity index is 801. The zero-order chi connectivity index (χ0) is 17.8. The summed E-state index contributed by atoms with van der Waals surface area (Å²) in [5, 5.41) is 0.978. The van der Waals surface area contributed by atoms with Gasteiger partial charge in [0.15, 0.2) is 0 Å². The summed E-state index contributed by atoms with van der Waals surface area (Å²) < 4.78 is 0. The van der Waals surface area contributed by atoms with E-state index in [1.54, 1.807) is 30.6 Å². The average molecular weight is 377 g/mol. The normalized spacial score (nSPS) is 15.0. The Morgan fingerprint density at radius 1 is 1.08 bits per heavy atom. The van der Waals surface area contributed by atoms with Crippen molar-refractivity contribution < 1.29 is 4.79 Å². The highest BCUT2D eigenvalue weighted by Gasteiger charge is 2.20. The van der Waals surface area contributed by atoms with E-state index < -0.39 is 0 Å². The highest BCUT2D eigenvalue weighted by molar-refractivity contribution is 6.42. The molecule has 130 valence electrons. The Balaban J connectivity index is 1.58. The summed E-state index contributed by atoms with van der Waals surface area (Å²) in [6.07, 6.45) is 4.90. The Kier molecular flexibility index (Phi) is 5.56. The second kappa shape index (κ2) is 7.85. The first kappa shape index (κ1) is 17.7. The van der Waals surface area contributed by atoms with Crippen LogP contribution in [-0.2, 0) is 4.79 Å². The first-order valence-electron chi connectivity index (χ1n) is 7.98. The molecule has 0 spiro atoms. The molecule has 5 nitrogen and oxygen atoms in total. The van der Waals surface area contributed by atoms with Crippen LogP contribution in [0.15, 0.2) is 36.7 Å². The van der Waals surface area contributed by atoms with Crippen molar-refractivity contribution in [1.82, 2.24) is 14.9 Å². The van der Waals surface area contributed by atoms with Crippen LogP contribution in [0.25, 0.3) is 6.08 Å². The first-order chi connectivity index (χ1) is 12.0. The molecule has 0 aliphatic carbocycles. The number of hydrogen-bond acceptors (Lipinski definition) is 4. The molecule has 1 saturated heterocycles. The number of rotatable bonds is 3. The van der Waals surface area contributed by atoms with E-state index in [9.17, 15) is 4.79 Å². The highest BCUT2D eigenvalue weighted by Crippen LogP contribution is 2.23. The standard InChI is InChI=1S/C18H18Cl2N4O/c1-13-10-17(22-12-21-13)23-6-8-24(9-7-23)18(25)5-3-14-2-4-15(19)16(20)11-14/h2-5,10-12H,6-9H2,1H3/b5-3+. The van der Waals surface area contributed by atoms with Crippen molar-refractivity contribution in [2.75, 3.05) is 31.1 Å². The predicted octanol–water partition coefficient (Wildman–Crippen LogP) is 3.45. The van der Waals surface area contributed by atoms with Gasteiger partial charge in [0.1, 0.15) is 12.1 Å². The molecule has 1 aliphatic heterocycles. The summed E-state index contributed by atoms with van der Waals surface area (Å²) in [7, 11) is 0. The molecule has 1 amide bonds. The van der Waals surface area contributed by atoms with E-state index >= 15 is 0 Å². The van der Waals surface area contributed by atoms with Gasteiger partial charge >= 0.3 is 0 Å². The summed E-state index contributed by atoms with van der Waals surface area (Å²) in [5.74, 6) is 0.899. The van der Waals surface area contributed by atoms with Crippen LogP contribution in [0.1, 0.15) is 11.3 Å². The van der Waals surface area contributed by atoms with Crippen molar-refractivity contribution in [2.24, 2.45) is 0 Å². The minimum atomic E-state index is -0.00964. The van der Waals surface area contributed by atoms with Gasteiger partial charge in [-0.25, -0.2) is 9.97 Å². The zero-order valence-corrected chi connectivity index (χ0v) is 15.3. The number of nitrogens with zero attached hydrogens (tertiary/aromatic N) is 4. The lowest BCUT2D eigenvalue weighted by Gasteiger charge is -2.34. The van der Waals surface area contributed by atoms with Gasteiger partial charge < -0.3 is 9.80 Å². The van der Waals surface area contributed by atoms with Crippen molar-refractivity contribution in [1.29, 1.82) is 0 Å². The molecule has 1 aromatic heterocycles. The maximum atomic E-state index is 12.4. The fourth-order valence-corrected chi connectivity index (χ4v) is 2.96. The largest absolute Gasteiger partial charge is 0.353 e. The molecule has 0 atom stereocenters. The molecule has 1 fully saturated rings. The second-order valence-corrected chi connectivity index (χ2v) is 6.65. The van der Waals surface area contributed by atoms with Crippen molar-refractivity contribution >= 4 is 41.0 Å². The zero-order valence-electron chi connectivity index (χ0n) is 13.8. The third-order valence-electron chi connectivity index (χ3n) is 4.07. The van der Waals surface area contributed by atoms with Crippen molar-refractivity contribution in [3.8, 4) is 0 Å². The monoisotopic (exact) mass is 376 g/mol. The number of anilines is 1. The summed E-state index contributed by atoms with van der Waals surface area (Å²) in [6.45, 7) is 4.77. The number of benzene rings is 1. The van der Waals surface area contributed by atoms with Gasteiger partial charge in [-0.2, -0.15) is 0 Å². The SMILES string of the molecule is Cc1cc(N2CCN(C(=O)/C=C/c3ccc(Cl)c(Cl)c3)CC2)ncn1. The number of carbonyl (C=O) groups is 1. The number of amides is 1. The van der Waals surface area contributed by atoms with E-state index in [0.29, 0.717) is 23.1 Å². The maximum Gasteiger partial charge on any atom is 0.246 e. The Morgan fingerprint density at radius 2 is 1.84 bits per heavy atom. The van der Waals surface area contributed by atoms with Crippen molar-refractivity contribution in [3.63, 3.8) is 0 Å². The van der Waals surface area contributed by atoms with Crippen LogP contribution in [0.2, 0.25) is 10.0 Å². The maximum absolute atomic E-state index is 12.4. The van der Waals surface area contributed by atoms with E-state index in [-0.39, 0.29) is 5.91 Å². The lowest BCUT2D eigenvalue weighted by Crippen LogP contribution is -2.48. The van der Waals surface area contributed by atoms with E-state index in [0.717, 1.165) is 30.2 Å². The molecule has 1 aliphatic rings. The van der Waals surface area contributed by atoms with E-state index in [4.69, 9.17) is 23.2 Å². The van der Waals surface area contributed by atoms with Crippen LogP contribution in [0.4, 0.5) is 5.82 Å². The third-order valence-corrected chi connectivity index (χ3v) is 4.81. The van der Waals surface area contributed by atoms with Gasteiger partial charge in [0, 0.05) is 44.0 Å². The Morgan fingerprint density at radius 3 is 2.52 bits per heavy atom. The van der Waals surface area contributed by atoms with Gasteiger partial charge in [-0.15, -0.1) is 0 Å². The van der Waals surface area contributed by atoms with Crippen LogP contribution in [0, 0.1) is 6.92 Å². The molecule has 7 heteroatoms. The third kappa shape index (κ3) is 4.50. The van der Waals surface area contributed by atoms with Gasteiger partial charge in [0.2, 0.25) is 5.91 Å². The van der Waals surface area contributed by atoms with Crippen LogP contribution >= 0.6 is 23.2 Å². The minimum absolute atomic E-state index is 0.00964. The number of hydrogen-bond donors (Lipinski definition) is 0. The molecule has 0 saturated carbocycles. The van der Waals surface area contributed by atoms with Gasteiger partial charge in [-0.3, -0.25) is 4.79 Å². The van der Waals surface area contributed by atoms with Crippen LogP contribution in [0.3, 0.4) is 0 Å². The molecule has 0 radical (unpaired) electrons. The summed E-state index contributed by atoms with van der Waals surface area (Å²) in [6, 6.07) is 7.24. The fraction of sp³-hybridized carbons (Fsp3) is 0.278. The summed E-state index contributed by atoms with van der Waals surface area (Å²) >= 11 is 11.9. The van der Waals surface area contributed by atoms with Gasteiger partial charge in [0.25, 0.3) is 0 Å². The Labute approximate surface area is 156 Å². The Hall–Kier alpha value is -2.11. The number of carbonyl (C=O) groups excluding carboxylic acids is 1. The topological polar surface area (TPSA) is 49.3 Å². The number of aryl methyl sites for hydroxylation is 1. The number of piperazine rings is 1. The molecule has 1 aromatic carbocycles. The molecule has 0 unspecified atom stereocenters. The lowest BCUT2D eigenvalue weighted by molar-refractivity contribution is -0.126. The van der Waals surface area contributed by atoms with Gasteiger partial charge in [-0.05, 0) is 30.7 Å². The average Bonchev–Trinajstić information content (AvgIpc) is 2.62. The quantitative estimate of drug-likeness (QED) is 0.769. The van der Waals surface area contributed by atoms with Crippen LogP contribution in [-0.4, -0.2) is 47.0 Å². The molecule has 25 heavy (non-hydrogen) atoms. The fourth-order valence-electron chi connectivity index (χ4n) is 2.66. The first-order valence-corrected chi connectivity index (χ1v) is 8.74. The predicted molar refractivity (Wildman–Crippen MR) is 101 cm³/mol. The number of halogens is 2. The van der Waals surface area contributed by atoms with E-state index in [1.165, 1.54) is 0 Å². The summed E-state index contributed by atoms with van der Waals surface area (Å²) in [5.41, 5.74) is 1.78. The smallest absolute Gasteiger partial charge is 0.246 e. The van der Waals surface area contributed by atoms with Gasteiger partial charge in [-0.1, -0.05) is 29.3 Å². The van der Waals surface area contributed by atoms with Crippen molar-refractivity contribution in [2.45, 2.75) is 6.92 Å². The van der Waals surface area contributed by atoms with Gasteiger partial charge in [0.05, 0.1) is 10.0 Å². The van der Waals surface area contributed by atoms with Crippen LogP contribution in [0.5, 0.6) is 0 Å². The molecular weight excluding hydrogens is 359 g/mol. The lowest BCUT2D eigenvalue weighted by atomic mass is 10.2.